The molecule has 1 aliphatic rings. The topological polar surface area (TPSA) is 124 Å². The van der Waals surface area contributed by atoms with Crippen molar-refractivity contribution in [3.05, 3.63) is 42.1 Å². The number of carbonyl (C=O) groups is 3. The average molecular weight is 455 g/mol. The quantitative estimate of drug-likeness (QED) is 0.591. The van der Waals surface area contributed by atoms with Crippen LogP contribution >= 0.6 is 0 Å². The minimum atomic E-state index is -1.30. The Bertz CT molecular complexity index is 1190. The molecule has 2 aromatic heterocycles. The standard InChI is InChI=1S/C21H21FN6O3.C2H6/c1-11(29)20-16-5-13(14-7-24-12(2)25-8-14)3-4-17(16)28(26-20)10-19(30)27-9-15(22)6-18(27)21(23)31;1-2/h3-5,7-8,15,18H,6,9-10H2,1-2H3,(H2,23,31);1-2H3/t15-,18+;/m1./s1. The second kappa shape index (κ2) is 9.85. The number of amides is 2. The van der Waals surface area contributed by atoms with Crippen LogP contribution in [-0.4, -0.2) is 61.0 Å². The maximum atomic E-state index is 13.8. The van der Waals surface area contributed by atoms with E-state index < -0.39 is 24.0 Å². The number of Topliss-reactive ketones (excluding diaryl/α,β-unsaturated/α-hetero) is 1. The molecule has 0 bridgehead atoms. The van der Waals surface area contributed by atoms with E-state index in [1.165, 1.54) is 11.6 Å². The van der Waals surface area contributed by atoms with Gasteiger partial charge < -0.3 is 10.6 Å². The molecule has 33 heavy (non-hydrogen) atoms. The van der Waals surface area contributed by atoms with Crippen LogP contribution in [-0.2, 0) is 16.1 Å². The Balaban J connectivity index is 0.00000149. The zero-order valence-corrected chi connectivity index (χ0v) is 19.1. The van der Waals surface area contributed by atoms with Gasteiger partial charge in [-0.2, -0.15) is 5.10 Å². The second-order valence-corrected chi connectivity index (χ2v) is 7.61. The third-order valence-corrected chi connectivity index (χ3v) is 5.38. The summed E-state index contributed by atoms with van der Waals surface area (Å²) in [6, 6.07) is 4.39. The van der Waals surface area contributed by atoms with Crippen LogP contribution in [0.3, 0.4) is 0 Å². The molecule has 1 fully saturated rings. The fraction of sp³-hybridized carbons (Fsp3) is 0.391. The molecule has 10 heteroatoms. The highest BCUT2D eigenvalue weighted by Crippen LogP contribution is 2.27. The highest BCUT2D eigenvalue weighted by Gasteiger charge is 2.38. The Morgan fingerprint density at radius 1 is 1.15 bits per heavy atom. The minimum absolute atomic E-state index is 0.110. The Morgan fingerprint density at radius 2 is 1.82 bits per heavy atom. The fourth-order valence-corrected chi connectivity index (χ4v) is 3.83. The van der Waals surface area contributed by atoms with Gasteiger partial charge in [0.05, 0.1) is 12.1 Å². The fourth-order valence-electron chi connectivity index (χ4n) is 3.83. The molecule has 1 aliphatic heterocycles. The van der Waals surface area contributed by atoms with Crippen molar-refractivity contribution in [2.24, 2.45) is 5.73 Å². The number of hydrogen-bond donors (Lipinski definition) is 1. The van der Waals surface area contributed by atoms with Crippen LogP contribution in [0, 0.1) is 6.92 Å². The number of carbonyl (C=O) groups excluding carboxylic acids is 3. The zero-order valence-electron chi connectivity index (χ0n) is 19.1. The molecule has 2 amide bonds. The third kappa shape index (κ3) is 4.89. The van der Waals surface area contributed by atoms with Crippen molar-refractivity contribution >= 4 is 28.5 Å². The highest BCUT2D eigenvalue weighted by molar-refractivity contribution is 6.06. The summed E-state index contributed by atoms with van der Waals surface area (Å²) in [5.41, 5.74) is 7.69. The molecule has 4 rings (SSSR count). The van der Waals surface area contributed by atoms with E-state index in [2.05, 4.69) is 15.1 Å². The SMILES string of the molecule is CC.CC(=O)c1nn(CC(=O)N2C[C@H](F)C[C@H]2C(N)=O)c2ccc(-c3cnc(C)nc3)cc12. The maximum Gasteiger partial charge on any atom is 0.245 e. The minimum Gasteiger partial charge on any atom is -0.368 e. The molecule has 1 saturated heterocycles. The van der Waals surface area contributed by atoms with Gasteiger partial charge in [-0.05, 0) is 24.6 Å². The van der Waals surface area contributed by atoms with Gasteiger partial charge >= 0.3 is 0 Å². The number of hydrogen-bond acceptors (Lipinski definition) is 6. The molecule has 0 unspecified atom stereocenters. The van der Waals surface area contributed by atoms with E-state index in [9.17, 15) is 18.8 Å². The molecule has 174 valence electrons. The molecule has 9 nitrogen and oxygen atoms in total. The van der Waals surface area contributed by atoms with E-state index in [0.717, 1.165) is 16.0 Å². The lowest BCUT2D eigenvalue weighted by molar-refractivity contribution is -0.137. The lowest BCUT2D eigenvalue weighted by atomic mass is 10.0. The summed E-state index contributed by atoms with van der Waals surface area (Å²) in [5, 5.41) is 4.89. The molecule has 0 spiro atoms. The monoisotopic (exact) mass is 454 g/mol. The number of aryl methyl sites for hydroxylation is 1. The number of nitrogens with zero attached hydrogens (tertiary/aromatic N) is 5. The van der Waals surface area contributed by atoms with E-state index in [1.807, 2.05) is 19.9 Å². The number of nitrogens with two attached hydrogens (primary N) is 1. The third-order valence-electron chi connectivity index (χ3n) is 5.38. The normalized spacial score (nSPS) is 17.5. The lowest BCUT2D eigenvalue weighted by Gasteiger charge is -2.21. The molecule has 0 radical (unpaired) electrons. The summed E-state index contributed by atoms with van der Waals surface area (Å²) in [6.45, 7) is 6.75. The van der Waals surface area contributed by atoms with Gasteiger partial charge in [0, 0.05) is 36.7 Å². The predicted octanol–water partition coefficient (Wildman–Crippen LogP) is 2.45. The number of ketones is 1. The number of alkyl halides is 1. The molecule has 3 aromatic rings. The smallest absolute Gasteiger partial charge is 0.245 e. The highest BCUT2D eigenvalue weighted by atomic mass is 19.1. The largest absolute Gasteiger partial charge is 0.368 e. The zero-order chi connectivity index (χ0) is 24.3. The van der Waals surface area contributed by atoms with Crippen LogP contribution in [0.5, 0.6) is 0 Å². The Kier molecular flexibility index (Phi) is 7.15. The first-order valence-electron chi connectivity index (χ1n) is 10.8. The van der Waals surface area contributed by atoms with Crippen molar-refractivity contribution < 1.29 is 18.8 Å². The summed E-state index contributed by atoms with van der Waals surface area (Å²) in [4.78, 5) is 46.1. The summed E-state index contributed by atoms with van der Waals surface area (Å²) in [6.07, 6.45) is 1.97. The van der Waals surface area contributed by atoms with Gasteiger partial charge in [0.1, 0.15) is 30.3 Å². The molecule has 0 saturated carbocycles. The van der Waals surface area contributed by atoms with Crippen LogP contribution in [0.15, 0.2) is 30.6 Å². The molecular formula is C23H27FN6O3. The van der Waals surface area contributed by atoms with Crippen molar-refractivity contribution in [1.29, 1.82) is 0 Å². The molecule has 0 aliphatic carbocycles. The van der Waals surface area contributed by atoms with E-state index >= 15 is 0 Å². The van der Waals surface area contributed by atoms with E-state index in [-0.39, 0.29) is 31.0 Å². The van der Waals surface area contributed by atoms with Crippen molar-refractivity contribution in [3.8, 4) is 11.1 Å². The van der Waals surface area contributed by atoms with Gasteiger partial charge in [-0.3, -0.25) is 19.1 Å². The number of aromatic nitrogens is 4. The van der Waals surface area contributed by atoms with Crippen molar-refractivity contribution in [2.75, 3.05) is 6.54 Å². The number of benzene rings is 1. The second-order valence-electron chi connectivity index (χ2n) is 7.61. The van der Waals surface area contributed by atoms with Crippen LogP contribution in [0.1, 0.15) is 43.5 Å². The lowest BCUT2D eigenvalue weighted by Crippen LogP contribution is -2.45. The number of halogens is 1. The van der Waals surface area contributed by atoms with Gasteiger partial charge in [-0.15, -0.1) is 0 Å². The first-order valence-corrected chi connectivity index (χ1v) is 10.8. The van der Waals surface area contributed by atoms with Crippen molar-refractivity contribution in [2.45, 2.75) is 52.9 Å². The van der Waals surface area contributed by atoms with Crippen LogP contribution < -0.4 is 5.73 Å². The summed E-state index contributed by atoms with van der Waals surface area (Å²) in [5.74, 6) is -0.839. The number of rotatable bonds is 5. The Labute approximate surface area is 190 Å². The molecule has 3 heterocycles. The summed E-state index contributed by atoms with van der Waals surface area (Å²) >= 11 is 0. The average Bonchev–Trinajstić information content (AvgIpc) is 3.36. The van der Waals surface area contributed by atoms with Gasteiger partial charge in [-0.1, -0.05) is 19.9 Å². The van der Waals surface area contributed by atoms with Crippen LogP contribution in [0.4, 0.5) is 4.39 Å². The maximum absolute atomic E-state index is 13.8. The van der Waals surface area contributed by atoms with Crippen LogP contribution in [0.2, 0.25) is 0 Å². The first-order chi connectivity index (χ1) is 15.7. The Hall–Kier alpha value is -3.69. The van der Waals surface area contributed by atoms with E-state index in [0.29, 0.717) is 16.7 Å². The van der Waals surface area contributed by atoms with E-state index in [4.69, 9.17) is 5.73 Å². The van der Waals surface area contributed by atoms with Crippen molar-refractivity contribution in [1.82, 2.24) is 24.6 Å². The molecule has 2 N–H and O–H groups in total. The van der Waals surface area contributed by atoms with Gasteiger partial charge in [0.25, 0.3) is 0 Å². The first kappa shape index (κ1) is 24.0. The Morgan fingerprint density at radius 3 is 2.42 bits per heavy atom. The van der Waals surface area contributed by atoms with Crippen LogP contribution in [0.25, 0.3) is 22.0 Å². The molecular weight excluding hydrogens is 427 g/mol. The number of fused-ring (bicyclic) bond motifs is 1. The number of primary amides is 1. The molecule has 2 atom stereocenters. The summed E-state index contributed by atoms with van der Waals surface area (Å²) < 4.78 is 15.2. The predicted molar refractivity (Wildman–Crippen MR) is 121 cm³/mol. The summed E-state index contributed by atoms with van der Waals surface area (Å²) in [7, 11) is 0. The van der Waals surface area contributed by atoms with Gasteiger partial charge in [-0.25, -0.2) is 14.4 Å². The van der Waals surface area contributed by atoms with Gasteiger partial charge in [0.15, 0.2) is 5.78 Å². The van der Waals surface area contributed by atoms with E-state index in [1.54, 1.807) is 31.5 Å². The molecule has 1 aromatic carbocycles. The van der Waals surface area contributed by atoms with Gasteiger partial charge in [0.2, 0.25) is 11.8 Å². The van der Waals surface area contributed by atoms with Crippen molar-refractivity contribution in [3.63, 3.8) is 0 Å². The number of likely N-dealkylation sites (tertiary alicyclic amines) is 1.